The van der Waals surface area contributed by atoms with E-state index in [1.165, 1.54) is 0 Å². The van der Waals surface area contributed by atoms with Crippen molar-refractivity contribution in [2.45, 2.75) is 26.4 Å². The fourth-order valence-electron chi connectivity index (χ4n) is 1.75. The van der Waals surface area contributed by atoms with Gasteiger partial charge in [-0.3, -0.25) is 0 Å². The van der Waals surface area contributed by atoms with Crippen LogP contribution >= 0.6 is 0 Å². The van der Waals surface area contributed by atoms with Crippen molar-refractivity contribution in [1.29, 1.82) is 0 Å². The molecule has 2 rings (SSSR count). The van der Waals surface area contributed by atoms with E-state index in [1.807, 2.05) is 69.3 Å². The Morgan fingerprint density at radius 3 is 2.05 bits per heavy atom. The third kappa shape index (κ3) is 3.89. The molecule has 0 unspecified atom stereocenters. The fraction of sp³-hybridized carbons (Fsp3) is 0.222. The maximum atomic E-state index is 5.91. The molecule has 0 heterocycles. The van der Waals surface area contributed by atoms with Crippen LogP contribution in [0.1, 0.15) is 26.3 Å². The molecule has 20 heavy (non-hydrogen) atoms. The lowest BCUT2D eigenvalue weighted by molar-refractivity contribution is 0.126. The lowest BCUT2D eigenvalue weighted by Crippen LogP contribution is -2.23. The minimum Gasteiger partial charge on any atom is -0.484 e. The van der Waals surface area contributed by atoms with Crippen molar-refractivity contribution in [2.75, 3.05) is 0 Å². The second-order valence-electron chi connectivity index (χ2n) is 5.54. The van der Waals surface area contributed by atoms with E-state index in [9.17, 15) is 0 Å². The van der Waals surface area contributed by atoms with Gasteiger partial charge in [0.05, 0.1) is 0 Å². The smallest absolute Gasteiger partial charge is 0.169 e. The molecule has 0 fully saturated rings. The Hall–Kier alpha value is -2.22. The summed E-state index contributed by atoms with van der Waals surface area (Å²) in [6.07, 6.45) is 1.81. The number of ether oxygens (including phenoxy) is 2. The Bertz CT molecular complexity index is 577. The highest BCUT2D eigenvalue weighted by atomic mass is 16.5. The predicted octanol–water partition coefficient (Wildman–Crippen LogP) is 5.30. The molecule has 0 radical (unpaired) electrons. The average molecular weight is 268 g/mol. The molecule has 2 heteroatoms. The Morgan fingerprint density at radius 2 is 1.50 bits per heavy atom. The monoisotopic (exact) mass is 268 g/mol. The molecule has 0 spiro atoms. The van der Waals surface area contributed by atoms with Gasteiger partial charge in [0.1, 0.15) is 11.4 Å². The SMILES string of the molecule is C=Cc1ccc(Oc2ccccc2OC(C)(C)C)cc1. The maximum Gasteiger partial charge on any atom is 0.169 e. The molecule has 0 aliphatic rings. The molecule has 2 aromatic rings. The van der Waals surface area contributed by atoms with E-state index in [0.29, 0.717) is 5.75 Å². The summed E-state index contributed by atoms with van der Waals surface area (Å²) < 4.78 is 11.8. The third-order valence-electron chi connectivity index (χ3n) is 2.61. The van der Waals surface area contributed by atoms with Crippen LogP contribution in [0.15, 0.2) is 55.1 Å². The molecule has 0 amide bonds. The standard InChI is InChI=1S/C18H20O2/c1-5-14-10-12-15(13-11-14)19-16-8-6-7-9-17(16)20-18(2,3)4/h5-13H,1H2,2-4H3. The average Bonchev–Trinajstić information content (AvgIpc) is 2.40. The van der Waals surface area contributed by atoms with E-state index in [-0.39, 0.29) is 5.60 Å². The summed E-state index contributed by atoms with van der Waals surface area (Å²) >= 11 is 0. The van der Waals surface area contributed by atoms with E-state index >= 15 is 0 Å². The molecule has 0 saturated heterocycles. The first-order valence-electron chi connectivity index (χ1n) is 6.66. The van der Waals surface area contributed by atoms with Crippen molar-refractivity contribution in [3.8, 4) is 17.2 Å². The second-order valence-corrected chi connectivity index (χ2v) is 5.54. The van der Waals surface area contributed by atoms with Crippen molar-refractivity contribution in [1.82, 2.24) is 0 Å². The van der Waals surface area contributed by atoms with Crippen LogP contribution in [-0.2, 0) is 0 Å². The van der Waals surface area contributed by atoms with Crippen molar-refractivity contribution >= 4 is 6.08 Å². The van der Waals surface area contributed by atoms with E-state index in [0.717, 1.165) is 17.1 Å². The summed E-state index contributed by atoms with van der Waals surface area (Å²) in [4.78, 5) is 0. The summed E-state index contributed by atoms with van der Waals surface area (Å²) in [7, 11) is 0. The molecule has 0 atom stereocenters. The lowest BCUT2D eigenvalue weighted by atomic mass is 10.2. The van der Waals surface area contributed by atoms with Crippen molar-refractivity contribution < 1.29 is 9.47 Å². The zero-order chi connectivity index (χ0) is 14.6. The topological polar surface area (TPSA) is 18.5 Å². The summed E-state index contributed by atoms with van der Waals surface area (Å²) in [5.74, 6) is 2.24. The highest BCUT2D eigenvalue weighted by Gasteiger charge is 2.15. The minimum atomic E-state index is -0.258. The number of hydrogen-bond donors (Lipinski definition) is 0. The van der Waals surface area contributed by atoms with Crippen LogP contribution in [-0.4, -0.2) is 5.60 Å². The van der Waals surface area contributed by atoms with Crippen LogP contribution in [0.3, 0.4) is 0 Å². The maximum absolute atomic E-state index is 5.91. The quantitative estimate of drug-likeness (QED) is 0.749. The number of hydrogen-bond acceptors (Lipinski definition) is 2. The van der Waals surface area contributed by atoms with Gasteiger partial charge in [-0.1, -0.05) is 36.9 Å². The third-order valence-corrected chi connectivity index (χ3v) is 2.61. The molecule has 2 nitrogen and oxygen atoms in total. The van der Waals surface area contributed by atoms with Gasteiger partial charge in [-0.05, 0) is 50.6 Å². The Kier molecular flexibility index (Phi) is 4.14. The number of para-hydroxylation sites is 2. The van der Waals surface area contributed by atoms with Gasteiger partial charge >= 0.3 is 0 Å². The second kappa shape index (κ2) is 5.83. The minimum absolute atomic E-state index is 0.258. The van der Waals surface area contributed by atoms with Crippen molar-refractivity contribution in [3.63, 3.8) is 0 Å². The van der Waals surface area contributed by atoms with Gasteiger partial charge in [0.2, 0.25) is 0 Å². The first kappa shape index (κ1) is 14.2. The van der Waals surface area contributed by atoms with Crippen LogP contribution in [0.4, 0.5) is 0 Å². The summed E-state index contributed by atoms with van der Waals surface area (Å²) in [5, 5.41) is 0. The lowest BCUT2D eigenvalue weighted by Gasteiger charge is -2.23. The van der Waals surface area contributed by atoms with Crippen molar-refractivity contribution in [3.05, 3.63) is 60.7 Å². The Balaban J connectivity index is 2.21. The van der Waals surface area contributed by atoms with Gasteiger partial charge in [0, 0.05) is 0 Å². The summed E-state index contributed by atoms with van der Waals surface area (Å²) in [5.41, 5.74) is 0.808. The highest BCUT2D eigenvalue weighted by Crippen LogP contribution is 2.33. The first-order valence-corrected chi connectivity index (χ1v) is 6.66. The normalized spacial score (nSPS) is 10.9. The molecule has 0 bridgehead atoms. The van der Waals surface area contributed by atoms with Crippen LogP contribution < -0.4 is 9.47 Å². The van der Waals surface area contributed by atoms with Gasteiger partial charge < -0.3 is 9.47 Å². The van der Waals surface area contributed by atoms with Crippen molar-refractivity contribution in [2.24, 2.45) is 0 Å². The molecular weight excluding hydrogens is 248 g/mol. The van der Waals surface area contributed by atoms with Gasteiger partial charge in [0.15, 0.2) is 11.5 Å². The molecule has 2 aromatic carbocycles. The molecule has 104 valence electrons. The van der Waals surface area contributed by atoms with E-state index < -0.39 is 0 Å². The summed E-state index contributed by atoms with van der Waals surface area (Å²) in [6.45, 7) is 9.79. The molecule has 0 N–H and O–H groups in total. The zero-order valence-electron chi connectivity index (χ0n) is 12.2. The molecule has 0 saturated carbocycles. The highest BCUT2D eigenvalue weighted by molar-refractivity contribution is 5.49. The largest absolute Gasteiger partial charge is 0.484 e. The fourth-order valence-corrected chi connectivity index (χ4v) is 1.75. The van der Waals surface area contributed by atoms with E-state index in [4.69, 9.17) is 9.47 Å². The molecule has 0 aliphatic carbocycles. The number of rotatable bonds is 4. The molecule has 0 aliphatic heterocycles. The Morgan fingerprint density at radius 1 is 0.900 bits per heavy atom. The van der Waals surface area contributed by atoms with Crippen LogP contribution in [0.25, 0.3) is 6.08 Å². The predicted molar refractivity (Wildman–Crippen MR) is 83.4 cm³/mol. The van der Waals surface area contributed by atoms with E-state index in [1.54, 1.807) is 6.08 Å². The van der Waals surface area contributed by atoms with Gasteiger partial charge in [-0.15, -0.1) is 0 Å². The first-order chi connectivity index (χ1) is 9.48. The molecule has 0 aromatic heterocycles. The van der Waals surface area contributed by atoms with Crippen LogP contribution in [0, 0.1) is 0 Å². The number of benzene rings is 2. The van der Waals surface area contributed by atoms with E-state index in [2.05, 4.69) is 6.58 Å². The summed E-state index contributed by atoms with van der Waals surface area (Å²) in [6, 6.07) is 15.5. The Labute approximate surface area is 120 Å². The zero-order valence-corrected chi connectivity index (χ0v) is 12.2. The van der Waals surface area contributed by atoms with Gasteiger partial charge in [-0.2, -0.15) is 0 Å². The van der Waals surface area contributed by atoms with Gasteiger partial charge in [0.25, 0.3) is 0 Å². The van der Waals surface area contributed by atoms with Gasteiger partial charge in [-0.25, -0.2) is 0 Å². The van der Waals surface area contributed by atoms with Crippen LogP contribution in [0.5, 0.6) is 17.2 Å². The van der Waals surface area contributed by atoms with Crippen LogP contribution in [0.2, 0.25) is 0 Å². The molecular formula is C18H20O2.